The van der Waals surface area contributed by atoms with Crippen molar-refractivity contribution in [1.29, 1.82) is 5.26 Å². The first-order chi connectivity index (χ1) is 6.22. The average molecular weight is 190 g/mol. The molecule has 0 atom stereocenters. The first-order valence-corrected chi connectivity index (χ1v) is 4.16. The molecule has 4 heteroatoms. The van der Waals surface area contributed by atoms with Gasteiger partial charge < -0.3 is 0 Å². The third kappa shape index (κ3) is 1.18. The number of amides is 1. The fourth-order valence-corrected chi connectivity index (χ4v) is 1.64. The van der Waals surface area contributed by atoms with Crippen molar-refractivity contribution in [3.63, 3.8) is 0 Å². The lowest BCUT2D eigenvalue weighted by Crippen LogP contribution is -2.10. The van der Waals surface area contributed by atoms with E-state index in [2.05, 4.69) is 12.8 Å². The maximum Gasteiger partial charge on any atom is 0.264 e. The molecule has 0 N–H and O–H groups in total. The fourth-order valence-electron chi connectivity index (χ4n) is 1.37. The summed E-state index contributed by atoms with van der Waals surface area (Å²) in [6.45, 7) is 0.479. The average Bonchev–Trinajstić information content (AvgIpc) is 2.42. The summed E-state index contributed by atoms with van der Waals surface area (Å²) in [6, 6.07) is 7.07. The van der Waals surface area contributed by atoms with Gasteiger partial charge in [-0.15, -0.1) is 0 Å². The van der Waals surface area contributed by atoms with E-state index in [1.807, 2.05) is 6.07 Å². The highest BCUT2D eigenvalue weighted by atomic mass is 32.1. The molecule has 0 bridgehead atoms. The Morgan fingerprint density at radius 3 is 3.00 bits per heavy atom. The molecule has 13 heavy (non-hydrogen) atoms. The number of carbonyl (C=O) groups excluding carboxylic acids is 1. The summed E-state index contributed by atoms with van der Waals surface area (Å²) >= 11 is 4.00. The summed E-state index contributed by atoms with van der Waals surface area (Å²) in [5, 5.41) is 8.63. The molecule has 1 heterocycles. The molecule has 0 radical (unpaired) electrons. The molecule has 0 fully saturated rings. The number of hydrogen-bond donors (Lipinski definition) is 1. The van der Waals surface area contributed by atoms with Crippen molar-refractivity contribution in [3.05, 3.63) is 34.9 Å². The van der Waals surface area contributed by atoms with Gasteiger partial charge >= 0.3 is 0 Å². The quantitative estimate of drug-likeness (QED) is 0.628. The minimum absolute atomic E-state index is 0.0946. The summed E-state index contributed by atoms with van der Waals surface area (Å²) in [4.78, 5) is 11.4. The number of benzene rings is 1. The van der Waals surface area contributed by atoms with E-state index in [4.69, 9.17) is 5.26 Å². The molecular formula is C9H6N2OS. The molecule has 0 unspecified atom stereocenters. The Labute approximate surface area is 81.1 Å². The molecule has 3 nitrogen and oxygen atoms in total. The molecule has 0 spiro atoms. The predicted octanol–water partition coefficient (Wildman–Crippen LogP) is 1.36. The molecule has 0 saturated carbocycles. The molecule has 1 aromatic rings. The highest BCUT2D eigenvalue weighted by Gasteiger charge is 2.24. The molecule has 1 aromatic carbocycles. The maximum absolute atomic E-state index is 11.4. The standard InChI is InChI=1S/C9H6N2OS/c10-4-6-1-2-8-7(3-6)5-11(13)9(8)12/h1-3,13H,5H2. The maximum atomic E-state index is 11.4. The molecule has 1 amide bonds. The van der Waals surface area contributed by atoms with Crippen molar-refractivity contribution in [2.45, 2.75) is 6.54 Å². The number of nitrogens with zero attached hydrogens (tertiary/aromatic N) is 2. The lowest BCUT2D eigenvalue weighted by Gasteiger charge is -2.02. The molecule has 0 aliphatic carbocycles. The Hall–Kier alpha value is -1.47. The van der Waals surface area contributed by atoms with E-state index in [9.17, 15) is 4.79 Å². The largest absolute Gasteiger partial charge is 0.281 e. The number of carbonyl (C=O) groups is 1. The van der Waals surface area contributed by atoms with Crippen LogP contribution in [0, 0.1) is 11.3 Å². The van der Waals surface area contributed by atoms with Crippen molar-refractivity contribution >= 4 is 18.7 Å². The van der Waals surface area contributed by atoms with Gasteiger partial charge in [-0.05, 0) is 23.8 Å². The van der Waals surface area contributed by atoms with E-state index in [0.29, 0.717) is 17.7 Å². The van der Waals surface area contributed by atoms with E-state index in [-0.39, 0.29) is 5.91 Å². The number of thiol groups is 1. The van der Waals surface area contributed by atoms with Gasteiger partial charge in [0.2, 0.25) is 0 Å². The van der Waals surface area contributed by atoms with Gasteiger partial charge in [-0.3, -0.25) is 9.10 Å². The first-order valence-electron chi connectivity index (χ1n) is 3.76. The fraction of sp³-hybridized carbons (Fsp3) is 0.111. The Bertz CT molecular complexity index is 422. The summed E-state index contributed by atoms with van der Waals surface area (Å²) in [5.41, 5.74) is 2.10. The summed E-state index contributed by atoms with van der Waals surface area (Å²) in [7, 11) is 0. The van der Waals surface area contributed by atoms with Crippen LogP contribution in [0.5, 0.6) is 0 Å². The highest BCUT2D eigenvalue weighted by molar-refractivity contribution is 7.78. The van der Waals surface area contributed by atoms with Gasteiger partial charge in [0.1, 0.15) is 0 Å². The zero-order valence-corrected chi connectivity index (χ0v) is 7.58. The van der Waals surface area contributed by atoms with Crippen LogP contribution in [0.3, 0.4) is 0 Å². The Morgan fingerprint density at radius 1 is 1.54 bits per heavy atom. The number of nitriles is 1. The molecule has 64 valence electrons. The summed E-state index contributed by atoms with van der Waals surface area (Å²) in [6.07, 6.45) is 0. The summed E-state index contributed by atoms with van der Waals surface area (Å²) < 4.78 is 1.34. The normalized spacial score (nSPS) is 14.2. The van der Waals surface area contributed by atoms with Crippen molar-refractivity contribution in [2.75, 3.05) is 0 Å². The van der Waals surface area contributed by atoms with Gasteiger partial charge in [-0.25, -0.2) is 0 Å². The van der Waals surface area contributed by atoms with Crippen LogP contribution in [0.25, 0.3) is 0 Å². The summed E-state index contributed by atoms with van der Waals surface area (Å²) in [5.74, 6) is -0.0946. The zero-order chi connectivity index (χ0) is 9.42. The first kappa shape index (κ1) is 8.14. The molecule has 2 rings (SSSR count). The number of fused-ring (bicyclic) bond motifs is 1. The second-order valence-electron chi connectivity index (χ2n) is 2.85. The van der Waals surface area contributed by atoms with Crippen LogP contribution in [-0.2, 0) is 6.54 Å². The Kier molecular flexibility index (Phi) is 1.74. The second kappa shape index (κ2) is 2.79. The van der Waals surface area contributed by atoms with E-state index in [1.54, 1.807) is 18.2 Å². The molecule has 0 aromatic heterocycles. The number of rotatable bonds is 0. The van der Waals surface area contributed by atoms with Crippen LogP contribution >= 0.6 is 12.8 Å². The molecular weight excluding hydrogens is 184 g/mol. The minimum Gasteiger partial charge on any atom is -0.281 e. The minimum atomic E-state index is -0.0946. The van der Waals surface area contributed by atoms with Crippen molar-refractivity contribution in [3.8, 4) is 6.07 Å². The van der Waals surface area contributed by atoms with Gasteiger partial charge in [0.05, 0.1) is 18.2 Å². The van der Waals surface area contributed by atoms with E-state index >= 15 is 0 Å². The number of hydrogen-bond acceptors (Lipinski definition) is 3. The Balaban J connectivity index is 2.54. The van der Waals surface area contributed by atoms with E-state index < -0.39 is 0 Å². The molecule has 1 aliphatic rings. The van der Waals surface area contributed by atoms with Gasteiger partial charge in [-0.1, -0.05) is 12.8 Å². The predicted molar refractivity (Wildman–Crippen MR) is 50.0 cm³/mol. The molecule has 1 aliphatic heterocycles. The van der Waals surface area contributed by atoms with Crippen LogP contribution in [0.15, 0.2) is 18.2 Å². The third-order valence-electron chi connectivity index (χ3n) is 2.02. The monoisotopic (exact) mass is 190 g/mol. The van der Waals surface area contributed by atoms with Crippen LogP contribution in [-0.4, -0.2) is 10.2 Å². The SMILES string of the molecule is N#Cc1ccc2c(c1)CN(S)C2=O. The van der Waals surface area contributed by atoms with Crippen LogP contribution < -0.4 is 0 Å². The smallest absolute Gasteiger partial charge is 0.264 e. The zero-order valence-electron chi connectivity index (χ0n) is 6.69. The topological polar surface area (TPSA) is 44.1 Å². The van der Waals surface area contributed by atoms with Crippen LogP contribution in [0.4, 0.5) is 0 Å². The van der Waals surface area contributed by atoms with Gasteiger partial charge in [0.25, 0.3) is 5.91 Å². The van der Waals surface area contributed by atoms with Crippen LogP contribution in [0.2, 0.25) is 0 Å². The van der Waals surface area contributed by atoms with Gasteiger partial charge in [0, 0.05) is 5.56 Å². The molecule has 0 saturated heterocycles. The lowest BCUT2D eigenvalue weighted by molar-refractivity contribution is 0.0891. The van der Waals surface area contributed by atoms with Crippen molar-refractivity contribution in [1.82, 2.24) is 4.31 Å². The van der Waals surface area contributed by atoms with Gasteiger partial charge in [0.15, 0.2) is 0 Å². The highest BCUT2D eigenvalue weighted by Crippen LogP contribution is 2.24. The van der Waals surface area contributed by atoms with Gasteiger partial charge in [-0.2, -0.15) is 5.26 Å². The second-order valence-corrected chi connectivity index (χ2v) is 3.33. The van der Waals surface area contributed by atoms with E-state index in [0.717, 1.165) is 5.56 Å². The lowest BCUT2D eigenvalue weighted by atomic mass is 10.1. The Morgan fingerprint density at radius 2 is 2.31 bits per heavy atom. The van der Waals surface area contributed by atoms with E-state index in [1.165, 1.54) is 4.31 Å². The van der Waals surface area contributed by atoms with Crippen LogP contribution in [0.1, 0.15) is 21.5 Å². The van der Waals surface area contributed by atoms with Crippen molar-refractivity contribution in [2.24, 2.45) is 0 Å². The third-order valence-corrected chi connectivity index (χ3v) is 2.34. The van der Waals surface area contributed by atoms with Crippen molar-refractivity contribution < 1.29 is 4.79 Å².